The fourth-order valence-corrected chi connectivity index (χ4v) is 3.68. The van der Waals surface area contributed by atoms with Gasteiger partial charge in [0.2, 0.25) is 0 Å². The van der Waals surface area contributed by atoms with Gasteiger partial charge in [-0.25, -0.2) is 0 Å². The Morgan fingerprint density at radius 1 is 1.26 bits per heavy atom. The molecule has 1 saturated heterocycles. The van der Waals surface area contributed by atoms with Gasteiger partial charge in [0.25, 0.3) is 5.91 Å². The Balaban J connectivity index is 2.37. The lowest BCUT2D eigenvalue weighted by molar-refractivity contribution is -0.140. The monoisotopic (exact) mass is 288 g/mol. The second-order valence-electron chi connectivity index (χ2n) is 5.83. The lowest BCUT2D eigenvalue weighted by atomic mass is 9.96. The van der Waals surface area contributed by atoms with E-state index in [1.807, 2.05) is 0 Å². The molecule has 1 heterocycles. The van der Waals surface area contributed by atoms with E-state index in [0.717, 1.165) is 18.1 Å². The molecule has 5 heteroatoms. The maximum atomic E-state index is 12.1. The summed E-state index contributed by atoms with van der Waals surface area (Å²) < 4.78 is 0. The summed E-state index contributed by atoms with van der Waals surface area (Å²) >= 11 is 1.80. The first kappa shape index (κ1) is 16.8. The van der Waals surface area contributed by atoms with E-state index >= 15 is 0 Å². The van der Waals surface area contributed by atoms with Crippen LogP contribution in [0.25, 0.3) is 0 Å². The lowest BCUT2D eigenvalue weighted by Gasteiger charge is -2.32. The van der Waals surface area contributed by atoms with E-state index in [-0.39, 0.29) is 5.91 Å². The Morgan fingerprint density at radius 3 is 2.26 bits per heavy atom. The van der Waals surface area contributed by atoms with Crippen molar-refractivity contribution in [2.24, 2.45) is 0 Å². The summed E-state index contributed by atoms with van der Waals surface area (Å²) in [6.07, 6.45) is 1.14. The third kappa shape index (κ3) is 4.97. The normalized spacial score (nSPS) is 19.2. The first-order valence-corrected chi connectivity index (χ1v) is 8.36. The Kier molecular flexibility index (Phi) is 6.63. The minimum atomic E-state index is -1.13. The van der Waals surface area contributed by atoms with Crippen LogP contribution in [-0.4, -0.2) is 58.2 Å². The Hall–Kier alpha value is -0.260. The molecule has 1 rings (SSSR count). The molecule has 0 atom stereocenters. The molecule has 0 saturated carbocycles. The molecular weight excluding hydrogens is 260 g/mol. The third-order valence-corrected chi connectivity index (χ3v) is 4.71. The van der Waals surface area contributed by atoms with Gasteiger partial charge in [0.05, 0.1) is 0 Å². The quantitative estimate of drug-likeness (QED) is 0.777. The number of thioether (sulfide) groups is 1. The van der Waals surface area contributed by atoms with Gasteiger partial charge in [-0.05, 0) is 52.0 Å². The van der Waals surface area contributed by atoms with Crippen LogP contribution in [-0.2, 0) is 4.79 Å². The van der Waals surface area contributed by atoms with Crippen molar-refractivity contribution in [3.63, 3.8) is 0 Å². The third-order valence-electron chi connectivity index (χ3n) is 3.72. The lowest BCUT2D eigenvalue weighted by Crippen LogP contribution is -2.51. The van der Waals surface area contributed by atoms with Crippen LogP contribution in [0.15, 0.2) is 0 Å². The van der Waals surface area contributed by atoms with E-state index < -0.39 is 5.60 Å². The van der Waals surface area contributed by atoms with Gasteiger partial charge in [-0.3, -0.25) is 9.69 Å². The van der Waals surface area contributed by atoms with Gasteiger partial charge in [-0.15, -0.1) is 0 Å². The van der Waals surface area contributed by atoms with Crippen molar-refractivity contribution >= 4 is 17.7 Å². The molecule has 2 N–H and O–H groups in total. The van der Waals surface area contributed by atoms with Gasteiger partial charge in [0.1, 0.15) is 5.60 Å². The number of nitrogens with one attached hydrogen (secondary N) is 1. The maximum Gasteiger partial charge on any atom is 0.252 e. The summed E-state index contributed by atoms with van der Waals surface area (Å²) in [7, 11) is 0. The smallest absolute Gasteiger partial charge is 0.252 e. The SMILES string of the molecule is CC(C)N(CCNC(=O)C1(O)CCSCC1)C(C)C. The van der Waals surface area contributed by atoms with Gasteiger partial charge in [-0.1, -0.05) is 0 Å². The molecule has 4 nitrogen and oxygen atoms in total. The van der Waals surface area contributed by atoms with Crippen LogP contribution < -0.4 is 5.32 Å². The summed E-state index contributed by atoms with van der Waals surface area (Å²) in [6.45, 7) is 10.1. The number of carbonyl (C=O) groups excluding carboxylic acids is 1. The number of hydrogen-bond acceptors (Lipinski definition) is 4. The molecule has 0 aromatic rings. The molecule has 1 amide bonds. The molecule has 0 unspecified atom stereocenters. The average Bonchev–Trinajstić information content (AvgIpc) is 2.34. The summed E-state index contributed by atoms with van der Waals surface area (Å²) in [5.41, 5.74) is -1.13. The number of carbonyl (C=O) groups is 1. The molecule has 0 bridgehead atoms. The number of hydrogen-bond donors (Lipinski definition) is 2. The zero-order chi connectivity index (χ0) is 14.5. The molecule has 1 aliphatic heterocycles. The molecule has 0 aromatic carbocycles. The summed E-state index contributed by atoms with van der Waals surface area (Å²) in [5, 5.41) is 13.2. The van der Waals surface area contributed by atoms with Crippen LogP contribution in [0.3, 0.4) is 0 Å². The fourth-order valence-electron chi connectivity index (χ4n) is 2.51. The molecular formula is C14H28N2O2S. The standard InChI is InChI=1S/C14H28N2O2S/c1-11(2)16(12(3)4)8-7-15-13(17)14(18)5-9-19-10-6-14/h11-12,18H,5-10H2,1-4H3,(H,15,17). The van der Waals surface area contributed by atoms with Crippen molar-refractivity contribution < 1.29 is 9.90 Å². The number of aliphatic hydroxyl groups is 1. The Morgan fingerprint density at radius 2 is 1.79 bits per heavy atom. The van der Waals surface area contributed by atoms with E-state index in [1.165, 1.54) is 0 Å². The Labute approximate surface area is 121 Å². The van der Waals surface area contributed by atoms with Crippen LogP contribution >= 0.6 is 11.8 Å². The van der Waals surface area contributed by atoms with Gasteiger partial charge >= 0.3 is 0 Å². The molecule has 0 aromatic heterocycles. The molecule has 112 valence electrons. The van der Waals surface area contributed by atoms with Crippen LogP contribution in [0.2, 0.25) is 0 Å². The molecule has 19 heavy (non-hydrogen) atoms. The highest BCUT2D eigenvalue weighted by atomic mass is 32.2. The molecule has 0 aliphatic carbocycles. The second kappa shape index (κ2) is 7.50. The molecule has 1 aliphatic rings. The number of amides is 1. The fraction of sp³-hybridized carbons (Fsp3) is 0.929. The molecule has 0 radical (unpaired) electrons. The van der Waals surface area contributed by atoms with Crippen LogP contribution in [0.5, 0.6) is 0 Å². The summed E-state index contributed by atoms with van der Waals surface area (Å²) in [5.74, 6) is 1.54. The zero-order valence-electron chi connectivity index (χ0n) is 12.6. The highest BCUT2D eigenvalue weighted by Crippen LogP contribution is 2.26. The predicted octanol–water partition coefficient (Wildman–Crippen LogP) is 1.48. The van der Waals surface area contributed by atoms with Crippen molar-refractivity contribution in [2.45, 2.75) is 58.2 Å². The summed E-state index contributed by atoms with van der Waals surface area (Å²) in [4.78, 5) is 14.4. The Bertz CT molecular complexity index is 281. The van der Waals surface area contributed by atoms with E-state index in [0.29, 0.717) is 31.5 Å². The van der Waals surface area contributed by atoms with Crippen molar-refractivity contribution in [3.8, 4) is 0 Å². The van der Waals surface area contributed by atoms with E-state index in [2.05, 4.69) is 37.9 Å². The minimum absolute atomic E-state index is 0.194. The topological polar surface area (TPSA) is 52.6 Å². The predicted molar refractivity (Wildman–Crippen MR) is 81.5 cm³/mol. The number of rotatable bonds is 6. The first-order chi connectivity index (χ1) is 8.87. The first-order valence-electron chi connectivity index (χ1n) is 7.21. The largest absolute Gasteiger partial charge is 0.380 e. The molecule has 1 fully saturated rings. The van der Waals surface area contributed by atoms with Crippen LogP contribution in [0.4, 0.5) is 0 Å². The van der Waals surface area contributed by atoms with E-state index in [9.17, 15) is 9.90 Å². The van der Waals surface area contributed by atoms with Gasteiger partial charge < -0.3 is 10.4 Å². The minimum Gasteiger partial charge on any atom is -0.380 e. The van der Waals surface area contributed by atoms with Crippen molar-refractivity contribution in [3.05, 3.63) is 0 Å². The maximum absolute atomic E-state index is 12.1. The van der Waals surface area contributed by atoms with E-state index in [1.54, 1.807) is 11.8 Å². The average molecular weight is 288 g/mol. The highest BCUT2D eigenvalue weighted by molar-refractivity contribution is 7.99. The van der Waals surface area contributed by atoms with Gasteiger partial charge in [0.15, 0.2) is 0 Å². The number of nitrogens with zero attached hydrogens (tertiary/aromatic N) is 1. The van der Waals surface area contributed by atoms with Crippen molar-refractivity contribution in [1.82, 2.24) is 10.2 Å². The van der Waals surface area contributed by atoms with Crippen LogP contribution in [0.1, 0.15) is 40.5 Å². The van der Waals surface area contributed by atoms with Crippen molar-refractivity contribution in [2.75, 3.05) is 24.6 Å². The van der Waals surface area contributed by atoms with Crippen molar-refractivity contribution in [1.29, 1.82) is 0 Å². The zero-order valence-corrected chi connectivity index (χ0v) is 13.4. The highest BCUT2D eigenvalue weighted by Gasteiger charge is 2.37. The van der Waals surface area contributed by atoms with E-state index in [4.69, 9.17) is 0 Å². The molecule has 0 spiro atoms. The van der Waals surface area contributed by atoms with Gasteiger partial charge in [0, 0.05) is 25.2 Å². The summed E-state index contributed by atoms with van der Waals surface area (Å²) in [6, 6.07) is 0.928. The van der Waals surface area contributed by atoms with Gasteiger partial charge in [-0.2, -0.15) is 11.8 Å². The van der Waals surface area contributed by atoms with Crippen LogP contribution in [0, 0.1) is 0 Å². The second-order valence-corrected chi connectivity index (χ2v) is 7.05.